The molecular weight excluding hydrogens is 396 g/mol. The van der Waals surface area contributed by atoms with Gasteiger partial charge in [0.2, 0.25) is 4.96 Å². The van der Waals surface area contributed by atoms with Crippen LogP contribution < -0.4 is 15.4 Å². The van der Waals surface area contributed by atoms with Gasteiger partial charge in [0.25, 0.3) is 5.91 Å². The number of carbonyl (C=O) groups is 1. The van der Waals surface area contributed by atoms with Crippen molar-refractivity contribution >= 4 is 45.2 Å². The number of thiocarbonyl (C=S) groups is 1. The van der Waals surface area contributed by atoms with Crippen LogP contribution >= 0.6 is 23.6 Å². The number of nitrogens with zero attached hydrogens (tertiary/aromatic N) is 4. The lowest BCUT2D eigenvalue weighted by Gasteiger charge is -2.11. The molecule has 2 aromatic carbocycles. The number of hydrogen-bond donors (Lipinski definition) is 2. The maximum Gasteiger partial charge on any atom is 0.261 e. The molecule has 2 N–H and O–H groups in total. The molecule has 140 valence electrons. The van der Waals surface area contributed by atoms with E-state index < -0.39 is 0 Å². The van der Waals surface area contributed by atoms with Crippen molar-refractivity contribution in [3.8, 4) is 16.3 Å². The molecule has 2 aromatic heterocycles. The highest BCUT2D eigenvalue weighted by Crippen LogP contribution is 2.25. The molecule has 8 nitrogen and oxygen atoms in total. The summed E-state index contributed by atoms with van der Waals surface area (Å²) >= 11 is 6.69. The van der Waals surface area contributed by atoms with Crippen LogP contribution in [-0.2, 0) is 0 Å². The Hall–Kier alpha value is -3.37. The van der Waals surface area contributed by atoms with Crippen molar-refractivity contribution in [2.75, 3.05) is 12.4 Å². The van der Waals surface area contributed by atoms with Gasteiger partial charge in [-0.1, -0.05) is 23.5 Å². The number of fused-ring (bicyclic) bond motifs is 1. The minimum atomic E-state index is -0.341. The van der Waals surface area contributed by atoms with E-state index in [9.17, 15) is 4.79 Å². The Labute approximate surface area is 169 Å². The highest BCUT2D eigenvalue weighted by molar-refractivity contribution is 7.80. The fraction of sp³-hybridized carbons (Fsp3) is 0.0556. The summed E-state index contributed by atoms with van der Waals surface area (Å²) in [4.78, 5) is 13.1. The first-order chi connectivity index (χ1) is 13.6. The van der Waals surface area contributed by atoms with E-state index >= 15 is 0 Å². The van der Waals surface area contributed by atoms with Gasteiger partial charge in [-0.3, -0.25) is 10.1 Å². The lowest BCUT2D eigenvalue weighted by molar-refractivity contribution is 0.0975. The van der Waals surface area contributed by atoms with Crippen LogP contribution in [0, 0.1) is 0 Å². The van der Waals surface area contributed by atoms with E-state index in [4.69, 9.17) is 17.0 Å². The second kappa shape index (κ2) is 7.71. The molecule has 0 aliphatic carbocycles. The van der Waals surface area contributed by atoms with Crippen LogP contribution in [0.3, 0.4) is 0 Å². The third-order valence-corrected chi connectivity index (χ3v) is 5.02. The van der Waals surface area contributed by atoms with E-state index in [2.05, 4.69) is 25.9 Å². The smallest absolute Gasteiger partial charge is 0.261 e. The van der Waals surface area contributed by atoms with Crippen molar-refractivity contribution in [3.05, 3.63) is 60.4 Å². The minimum Gasteiger partial charge on any atom is -0.496 e. The van der Waals surface area contributed by atoms with Crippen molar-refractivity contribution in [2.24, 2.45) is 0 Å². The summed E-state index contributed by atoms with van der Waals surface area (Å²) in [5.74, 6) is 0.142. The number of aromatic nitrogens is 4. The molecule has 0 radical (unpaired) electrons. The second-order valence-electron chi connectivity index (χ2n) is 5.65. The van der Waals surface area contributed by atoms with Gasteiger partial charge in [0, 0.05) is 11.3 Å². The quantitative estimate of drug-likeness (QED) is 0.500. The second-order valence-corrected chi connectivity index (χ2v) is 7.02. The topological polar surface area (TPSA) is 93.4 Å². The van der Waals surface area contributed by atoms with E-state index in [1.807, 2.05) is 24.3 Å². The normalized spacial score (nSPS) is 10.6. The Kier molecular flexibility index (Phi) is 4.96. The van der Waals surface area contributed by atoms with Crippen LogP contribution in [-0.4, -0.2) is 37.9 Å². The van der Waals surface area contributed by atoms with Crippen molar-refractivity contribution in [3.63, 3.8) is 0 Å². The van der Waals surface area contributed by atoms with Crippen LogP contribution in [0.25, 0.3) is 15.5 Å². The molecule has 0 fully saturated rings. The third-order valence-electron chi connectivity index (χ3n) is 3.86. The Morgan fingerprint density at radius 1 is 1.18 bits per heavy atom. The van der Waals surface area contributed by atoms with Crippen LogP contribution in [0.2, 0.25) is 0 Å². The van der Waals surface area contributed by atoms with E-state index in [0.29, 0.717) is 11.3 Å². The molecule has 0 atom stereocenters. The number of carbonyl (C=O) groups excluding carboxylic acids is 1. The van der Waals surface area contributed by atoms with Crippen molar-refractivity contribution in [2.45, 2.75) is 0 Å². The molecule has 0 saturated carbocycles. The molecule has 2 heterocycles. The molecule has 10 heteroatoms. The predicted molar refractivity (Wildman–Crippen MR) is 111 cm³/mol. The Morgan fingerprint density at radius 2 is 1.96 bits per heavy atom. The van der Waals surface area contributed by atoms with E-state index in [-0.39, 0.29) is 11.0 Å². The summed E-state index contributed by atoms with van der Waals surface area (Å²) < 4.78 is 6.83. The summed E-state index contributed by atoms with van der Waals surface area (Å²) in [6.45, 7) is 0. The van der Waals surface area contributed by atoms with Gasteiger partial charge in [0.05, 0.1) is 12.7 Å². The van der Waals surface area contributed by atoms with Crippen LogP contribution in [0.4, 0.5) is 5.69 Å². The SMILES string of the molecule is COc1ccccc1C(=O)NC(=S)Nc1ccc(-c2nn3cnnc3s2)cc1. The molecule has 4 aromatic rings. The zero-order valence-corrected chi connectivity index (χ0v) is 16.3. The Morgan fingerprint density at radius 3 is 2.71 bits per heavy atom. The molecule has 1 amide bonds. The van der Waals surface area contributed by atoms with Crippen molar-refractivity contribution in [1.82, 2.24) is 25.1 Å². The highest BCUT2D eigenvalue weighted by atomic mass is 32.1. The standard InChI is InChI=1S/C18H14N6O2S2/c1-26-14-5-3-2-4-13(14)15(25)21-17(27)20-12-8-6-11(7-9-12)16-23-24-10-19-22-18(24)28-16/h2-10H,1H3,(H2,20,21,25,27). The van der Waals surface area contributed by atoms with Gasteiger partial charge in [0.1, 0.15) is 17.1 Å². The zero-order chi connectivity index (χ0) is 19.5. The first kappa shape index (κ1) is 18.0. The molecule has 0 aliphatic rings. The molecule has 0 aliphatic heterocycles. The molecule has 0 spiro atoms. The van der Waals surface area contributed by atoms with Crippen LogP contribution in [0.15, 0.2) is 54.9 Å². The average molecular weight is 410 g/mol. The number of ether oxygens (including phenoxy) is 1. The average Bonchev–Trinajstić information content (AvgIpc) is 3.30. The molecule has 4 rings (SSSR count). The minimum absolute atomic E-state index is 0.197. The van der Waals surface area contributed by atoms with Gasteiger partial charge < -0.3 is 10.1 Å². The van der Waals surface area contributed by atoms with E-state index in [1.165, 1.54) is 18.4 Å². The third kappa shape index (κ3) is 3.68. The number of amides is 1. The molecule has 0 unspecified atom stereocenters. The number of nitrogens with one attached hydrogen (secondary N) is 2. The number of para-hydroxylation sites is 1. The Balaban J connectivity index is 1.42. The molecular formula is C18H14N6O2S2. The maximum absolute atomic E-state index is 12.4. The van der Waals surface area contributed by atoms with Gasteiger partial charge in [-0.05, 0) is 48.6 Å². The zero-order valence-electron chi connectivity index (χ0n) is 14.6. The summed E-state index contributed by atoms with van der Waals surface area (Å²) in [6, 6.07) is 14.5. The van der Waals surface area contributed by atoms with Crippen LogP contribution in [0.1, 0.15) is 10.4 Å². The fourth-order valence-corrected chi connectivity index (χ4v) is 3.57. The number of methoxy groups -OCH3 is 1. The number of rotatable bonds is 4. The van der Waals surface area contributed by atoms with Gasteiger partial charge in [-0.15, -0.1) is 10.2 Å². The summed E-state index contributed by atoms with van der Waals surface area (Å²) in [7, 11) is 1.51. The van der Waals surface area contributed by atoms with Crippen LogP contribution in [0.5, 0.6) is 5.75 Å². The molecule has 0 saturated heterocycles. The summed E-state index contributed by atoms with van der Waals surface area (Å²) in [5, 5.41) is 18.9. The summed E-state index contributed by atoms with van der Waals surface area (Å²) in [6.07, 6.45) is 1.56. The van der Waals surface area contributed by atoms with Crippen molar-refractivity contribution < 1.29 is 9.53 Å². The first-order valence-corrected chi connectivity index (χ1v) is 9.39. The molecule has 28 heavy (non-hydrogen) atoms. The number of anilines is 1. The summed E-state index contributed by atoms with van der Waals surface area (Å²) in [5.41, 5.74) is 2.11. The lowest BCUT2D eigenvalue weighted by atomic mass is 10.2. The fourth-order valence-electron chi connectivity index (χ4n) is 2.54. The van der Waals surface area contributed by atoms with E-state index in [1.54, 1.807) is 35.1 Å². The maximum atomic E-state index is 12.4. The van der Waals surface area contributed by atoms with Gasteiger partial charge >= 0.3 is 0 Å². The van der Waals surface area contributed by atoms with Crippen molar-refractivity contribution in [1.29, 1.82) is 0 Å². The Bertz CT molecular complexity index is 1120. The molecule has 0 bridgehead atoms. The number of hydrogen-bond acceptors (Lipinski definition) is 7. The monoisotopic (exact) mass is 410 g/mol. The number of benzene rings is 2. The van der Waals surface area contributed by atoms with Gasteiger partial charge in [-0.25, -0.2) is 0 Å². The largest absolute Gasteiger partial charge is 0.496 e. The predicted octanol–water partition coefficient (Wildman–Crippen LogP) is 2.99. The van der Waals surface area contributed by atoms with Gasteiger partial charge in [-0.2, -0.15) is 9.61 Å². The highest BCUT2D eigenvalue weighted by Gasteiger charge is 2.13. The van der Waals surface area contributed by atoms with Gasteiger partial charge in [0.15, 0.2) is 5.11 Å². The first-order valence-electron chi connectivity index (χ1n) is 8.16. The van der Waals surface area contributed by atoms with E-state index in [0.717, 1.165) is 21.2 Å². The lowest BCUT2D eigenvalue weighted by Crippen LogP contribution is -2.34.